The minimum absolute atomic E-state index is 0.332. The lowest BCUT2D eigenvalue weighted by Crippen LogP contribution is -2.06. The van der Waals surface area contributed by atoms with Crippen molar-refractivity contribution in [2.24, 2.45) is 0 Å². The van der Waals surface area contributed by atoms with Crippen molar-refractivity contribution in [3.05, 3.63) is 29.3 Å². The average Bonchev–Trinajstić information content (AvgIpc) is 2.83. The summed E-state index contributed by atoms with van der Waals surface area (Å²) in [6.45, 7) is 4.55. The number of thiophene rings is 1. The van der Waals surface area contributed by atoms with E-state index in [4.69, 9.17) is 0 Å². The molecule has 84 valence electrons. The molecule has 2 aromatic heterocycles. The number of rotatable bonds is 4. The molecular formula is C12H14N2OS. The fraction of sp³-hybridized carbons (Fsp3) is 0.333. The molecule has 0 atom stereocenters. The van der Waals surface area contributed by atoms with Crippen LogP contribution in [-0.2, 0) is 11.3 Å². The van der Waals surface area contributed by atoms with E-state index in [9.17, 15) is 4.79 Å². The van der Waals surface area contributed by atoms with Crippen LogP contribution in [0.1, 0.15) is 25.5 Å². The molecule has 0 aliphatic rings. The SMILES string of the molecule is CC(C)c1cc(-c2cccs2)nn1CC=O. The van der Waals surface area contributed by atoms with Gasteiger partial charge in [-0.05, 0) is 23.4 Å². The second-order valence-corrected chi connectivity index (χ2v) is 4.88. The fourth-order valence-electron chi connectivity index (χ4n) is 1.66. The largest absolute Gasteiger partial charge is 0.301 e. The summed E-state index contributed by atoms with van der Waals surface area (Å²) in [5.41, 5.74) is 2.07. The first kappa shape index (κ1) is 11.1. The quantitative estimate of drug-likeness (QED) is 0.762. The molecule has 4 heteroatoms. The van der Waals surface area contributed by atoms with Crippen molar-refractivity contribution in [1.82, 2.24) is 9.78 Å². The van der Waals surface area contributed by atoms with Crippen molar-refractivity contribution in [3.8, 4) is 10.6 Å². The van der Waals surface area contributed by atoms with Gasteiger partial charge in [0.05, 0.1) is 11.4 Å². The molecule has 0 spiro atoms. The summed E-state index contributed by atoms with van der Waals surface area (Å²) in [6.07, 6.45) is 0.886. The van der Waals surface area contributed by atoms with Gasteiger partial charge in [0.25, 0.3) is 0 Å². The van der Waals surface area contributed by atoms with E-state index in [-0.39, 0.29) is 0 Å². The van der Waals surface area contributed by atoms with Crippen molar-refractivity contribution in [3.63, 3.8) is 0 Å². The predicted octanol–water partition coefficient (Wildman–Crippen LogP) is 2.93. The van der Waals surface area contributed by atoms with E-state index in [1.165, 1.54) is 0 Å². The number of nitrogens with zero attached hydrogens (tertiary/aromatic N) is 2. The summed E-state index contributed by atoms with van der Waals surface area (Å²) >= 11 is 1.66. The van der Waals surface area contributed by atoms with Gasteiger partial charge < -0.3 is 4.79 Å². The highest BCUT2D eigenvalue weighted by Crippen LogP contribution is 2.26. The van der Waals surface area contributed by atoms with Gasteiger partial charge in [-0.1, -0.05) is 19.9 Å². The highest BCUT2D eigenvalue weighted by atomic mass is 32.1. The Morgan fingerprint density at radius 1 is 1.56 bits per heavy atom. The van der Waals surface area contributed by atoms with Crippen LogP contribution in [0, 0.1) is 0 Å². The van der Waals surface area contributed by atoms with E-state index in [0.29, 0.717) is 12.5 Å². The van der Waals surface area contributed by atoms with Crippen molar-refractivity contribution in [2.75, 3.05) is 0 Å². The van der Waals surface area contributed by atoms with Crippen LogP contribution in [0.5, 0.6) is 0 Å². The van der Waals surface area contributed by atoms with E-state index >= 15 is 0 Å². The van der Waals surface area contributed by atoms with E-state index in [1.807, 2.05) is 17.5 Å². The van der Waals surface area contributed by atoms with Gasteiger partial charge in [0.1, 0.15) is 12.0 Å². The van der Waals surface area contributed by atoms with Gasteiger partial charge in [0.2, 0.25) is 0 Å². The fourth-order valence-corrected chi connectivity index (χ4v) is 2.34. The van der Waals surface area contributed by atoms with Gasteiger partial charge in [-0.3, -0.25) is 4.68 Å². The Labute approximate surface area is 98.7 Å². The molecule has 0 unspecified atom stereocenters. The minimum Gasteiger partial charge on any atom is -0.301 e. The van der Waals surface area contributed by atoms with E-state index in [2.05, 4.69) is 25.0 Å². The van der Waals surface area contributed by atoms with Crippen LogP contribution >= 0.6 is 11.3 Å². The number of carbonyl (C=O) groups excluding carboxylic acids is 1. The molecule has 2 heterocycles. The third kappa shape index (κ3) is 2.07. The van der Waals surface area contributed by atoms with Crippen LogP contribution in [0.3, 0.4) is 0 Å². The van der Waals surface area contributed by atoms with Crippen molar-refractivity contribution in [2.45, 2.75) is 26.3 Å². The van der Waals surface area contributed by atoms with Crippen LogP contribution < -0.4 is 0 Å². The van der Waals surface area contributed by atoms with Gasteiger partial charge >= 0.3 is 0 Å². The molecule has 0 fully saturated rings. The molecule has 0 saturated heterocycles. The second kappa shape index (κ2) is 4.61. The van der Waals surface area contributed by atoms with Gasteiger partial charge in [-0.25, -0.2) is 0 Å². The zero-order chi connectivity index (χ0) is 11.5. The zero-order valence-corrected chi connectivity index (χ0v) is 10.2. The van der Waals surface area contributed by atoms with Crippen LogP contribution in [0.4, 0.5) is 0 Å². The van der Waals surface area contributed by atoms with E-state index in [1.54, 1.807) is 16.0 Å². The second-order valence-electron chi connectivity index (χ2n) is 3.94. The number of hydrogen-bond acceptors (Lipinski definition) is 3. The third-order valence-electron chi connectivity index (χ3n) is 2.42. The summed E-state index contributed by atoms with van der Waals surface area (Å²) < 4.78 is 1.78. The van der Waals surface area contributed by atoms with Gasteiger partial charge in [0.15, 0.2) is 0 Å². The number of aldehydes is 1. The first-order valence-corrected chi connectivity index (χ1v) is 6.15. The first-order valence-electron chi connectivity index (χ1n) is 5.27. The van der Waals surface area contributed by atoms with Gasteiger partial charge in [-0.15, -0.1) is 11.3 Å². The molecule has 2 aromatic rings. The van der Waals surface area contributed by atoms with Crippen LogP contribution in [-0.4, -0.2) is 16.1 Å². The van der Waals surface area contributed by atoms with Gasteiger partial charge in [-0.2, -0.15) is 5.10 Å². The Morgan fingerprint density at radius 2 is 2.38 bits per heavy atom. The maximum absolute atomic E-state index is 10.6. The van der Waals surface area contributed by atoms with Crippen LogP contribution in [0.2, 0.25) is 0 Å². The maximum atomic E-state index is 10.6. The minimum atomic E-state index is 0.332. The Kier molecular flexibility index (Phi) is 3.19. The molecular weight excluding hydrogens is 220 g/mol. The Bertz CT molecular complexity index is 471. The summed E-state index contributed by atoms with van der Waals surface area (Å²) in [4.78, 5) is 11.7. The Hall–Kier alpha value is -1.42. The lowest BCUT2D eigenvalue weighted by molar-refractivity contribution is -0.108. The molecule has 0 amide bonds. The molecule has 0 aliphatic heterocycles. The highest BCUT2D eigenvalue weighted by molar-refractivity contribution is 7.13. The molecule has 2 rings (SSSR count). The molecule has 16 heavy (non-hydrogen) atoms. The molecule has 0 saturated carbocycles. The summed E-state index contributed by atoms with van der Waals surface area (Å²) in [5.74, 6) is 0.376. The maximum Gasteiger partial charge on any atom is 0.141 e. The molecule has 0 aliphatic carbocycles. The van der Waals surface area contributed by atoms with Gasteiger partial charge in [0, 0.05) is 5.69 Å². The number of carbonyl (C=O) groups is 1. The van der Waals surface area contributed by atoms with Crippen molar-refractivity contribution >= 4 is 17.6 Å². The molecule has 0 aromatic carbocycles. The summed E-state index contributed by atoms with van der Waals surface area (Å²) in [5, 5.41) is 6.49. The van der Waals surface area contributed by atoms with Crippen LogP contribution in [0.15, 0.2) is 23.6 Å². The number of hydrogen-bond donors (Lipinski definition) is 0. The monoisotopic (exact) mass is 234 g/mol. The van der Waals surface area contributed by atoms with Crippen molar-refractivity contribution in [1.29, 1.82) is 0 Å². The normalized spacial score (nSPS) is 10.9. The highest BCUT2D eigenvalue weighted by Gasteiger charge is 2.12. The zero-order valence-electron chi connectivity index (χ0n) is 9.38. The lowest BCUT2D eigenvalue weighted by Gasteiger charge is -2.05. The van der Waals surface area contributed by atoms with Crippen molar-refractivity contribution < 1.29 is 4.79 Å². The summed E-state index contributed by atoms with van der Waals surface area (Å²) in [7, 11) is 0. The lowest BCUT2D eigenvalue weighted by atomic mass is 10.1. The van der Waals surface area contributed by atoms with Crippen LogP contribution in [0.25, 0.3) is 10.6 Å². The van der Waals surface area contributed by atoms with E-state index in [0.717, 1.165) is 22.6 Å². The smallest absolute Gasteiger partial charge is 0.141 e. The Balaban J connectivity index is 2.42. The number of aromatic nitrogens is 2. The topological polar surface area (TPSA) is 34.9 Å². The molecule has 0 bridgehead atoms. The van der Waals surface area contributed by atoms with E-state index < -0.39 is 0 Å². The first-order chi connectivity index (χ1) is 7.72. The Morgan fingerprint density at radius 3 is 2.94 bits per heavy atom. The average molecular weight is 234 g/mol. The standard InChI is InChI=1S/C12H14N2OS/c1-9(2)11-8-10(12-4-3-7-16-12)13-14(11)5-6-15/h3-4,6-9H,5H2,1-2H3. The molecule has 3 nitrogen and oxygen atoms in total. The summed E-state index contributed by atoms with van der Waals surface area (Å²) in [6, 6.07) is 6.12. The predicted molar refractivity (Wildman–Crippen MR) is 65.7 cm³/mol. The molecule has 0 N–H and O–H groups in total. The third-order valence-corrected chi connectivity index (χ3v) is 3.32. The molecule has 0 radical (unpaired) electrons.